The van der Waals surface area contributed by atoms with Gasteiger partial charge in [-0.2, -0.15) is 0 Å². The van der Waals surface area contributed by atoms with Crippen molar-refractivity contribution in [3.63, 3.8) is 0 Å². The molecule has 1 atom stereocenters. The lowest BCUT2D eigenvalue weighted by Crippen LogP contribution is -2.38. The van der Waals surface area contributed by atoms with Crippen molar-refractivity contribution in [3.8, 4) is 0 Å². The third-order valence-electron chi connectivity index (χ3n) is 3.02. The molecule has 108 valence electrons. The Morgan fingerprint density at radius 2 is 1.90 bits per heavy atom. The fourth-order valence-electron chi connectivity index (χ4n) is 1.74. The van der Waals surface area contributed by atoms with Crippen LogP contribution in [0.15, 0.2) is 24.3 Å². The van der Waals surface area contributed by atoms with Crippen LogP contribution in [0.3, 0.4) is 0 Å². The lowest BCUT2D eigenvalue weighted by Gasteiger charge is -2.11. The van der Waals surface area contributed by atoms with E-state index in [9.17, 15) is 14.7 Å². The highest BCUT2D eigenvalue weighted by Crippen LogP contribution is 2.19. The second-order valence-corrected chi connectivity index (χ2v) is 5.33. The summed E-state index contributed by atoms with van der Waals surface area (Å²) >= 11 is 5.75. The molecule has 5 nitrogen and oxygen atoms in total. The van der Waals surface area contributed by atoms with Gasteiger partial charge in [-0.05, 0) is 30.5 Å². The molecule has 1 aliphatic carbocycles. The van der Waals surface area contributed by atoms with E-state index in [4.69, 9.17) is 11.6 Å². The van der Waals surface area contributed by atoms with Gasteiger partial charge in [-0.15, -0.1) is 0 Å². The van der Waals surface area contributed by atoms with Crippen molar-refractivity contribution in [1.82, 2.24) is 10.6 Å². The maximum Gasteiger partial charge on any atom is 0.239 e. The van der Waals surface area contributed by atoms with Crippen LogP contribution in [0.25, 0.3) is 0 Å². The molecule has 3 N–H and O–H groups in total. The first kappa shape index (κ1) is 14.8. The monoisotopic (exact) mass is 296 g/mol. The maximum atomic E-state index is 11.6. The molecule has 1 aromatic rings. The zero-order valence-electron chi connectivity index (χ0n) is 10.9. The van der Waals surface area contributed by atoms with E-state index in [1.54, 1.807) is 24.3 Å². The number of hydrogen-bond acceptors (Lipinski definition) is 3. The summed E-state index contributed by atoms with van der Waals surface area (Å²) in [5.41, 5.74) is 0.618. The molecule has 2 rings (SSSR count). The summed E-state index contributed by atoms with van der Waals surface area (Å²) < 4.78 is 0. The molecule has 0 radical (unpaired) electrons. The first-order chi connectivity index (χ1) is 9.54. The third kappa shape index (κ3) is 4.83. The van der Waals surface area contributed by atoms with Gasteiger partial charge in [0.2, 0.25) is 11.8 Å². The highest BCUT2D eigenvalue weighted by Gasteiger charge is 2.23. The number of amides is 2. The Hall–Kier alpha value is -1.59. The van der Waals surface area contributed by atoms with Crippen LogP contribution in [0.2, 0.25) is 5.02 Å². The summed E-state index contributed by atoms with van der Waals surface area (Å²) in [7, 11) is 0. The summed E-state index contributed by atoms with van der Waals surface area (Å²) in [6.45, 7) is -0.0529. The molecule has 0 saturated heterocycles. The van der Waals surface area contributed by atoms with Crippen molar-refractivity contribution in [3.05, 3.63) is 34.9 Å². The molecule has 0 aromatic heterocycles. The first-order valence-electron chi connectivity index (χ1n) is 6.54. The Labute approximate surface area is 122 Å². The molecule has 1 aliphatic rings. The van der Waals surface area contributed by atoms with Gasteiger partial charge in [0.1, 0.15) is 0 Å². The van der Waals surface area contributed by atoms with Gasteiger partial charge in [0, 0.05) is 11.1 Å². The molecular formula is C14H17ClN2O3. The fourth-order valence-corrected chi connectivity index (χ4v) is 1.86. The number of aliphatic hydroxyl groups is 1. The van der Waals surface area contributed by atoms with Crippen LogP contribution >= 0.6 is 11.6 Å². The molecular weight excluding hydrogens is 280 g/mol. The molecule has 2 amide bonds. The van der Waals surface area contributed by atoms with Crippen LogP contribution in [0, 0.1) is 0 Å². The third-order valence-corrected chi connectivity index (χ3v) is 3.27. The van der Waals surface area contributed by atoms with E-state index >= 15 is 0 Å². The van der Waals surface area contributed by atoms with Gasteiger partial charge < -0.3 is 15.7 Å². The molecule has 6 heteroatoms. The van der Waals surface area contributed by atoms with Crippen LogP contribution in [0.4, 0.5) is 0 Å². The zero-order chi connectivity index (χ0) is 14.5. The molecule has 1 unspecified atom stereocenters. The van der Waals surface area contributed by atoms with E-state index in [-0.39, 0.29) is 30.8 Å². The summed E-state index contributed by atoms with van der Waals surface area (Å²) in [4.78, 5) is 23.0. The maximum absolute atomic E-state index is 11.6. The number of benzene rings is 1. The number of aliphatic hydroxyl groups excluding tert-OH is 1. The normalized spacial score (nSPS) is 15.5. The van der Waals surface area contributed by atoms with Crippen molar-refractivity contribution in [2.24, 2.45) is 0 Å². The van der Waals surface area contributed by atoms with Gasteiger partial charge in [0.25, 0.3) is 0 Å². The Bertz CT molecular complexity index is 486. The predicted molar refractivity (Wildman–Crippen MR) is 75.2 cm³/mol. The number of hydrogen-bond donors (Lipinski definition) is 3. The highest BCUT2D eigenvalue weighted by molar-refractivity contribution is 6.30. The van der Waals surface area contributed by atoms with Crippen molar-refractivity contribution in [2.75, 3.05) is 6.54 Å². The number of nitrogens with one attached hydrogen (secondary N) is 2. The van der Waals surface area contributed by atoms with Crippen LogP contribution < -0.4 is 10.6 Å². The Balaban J connectivity index is 1.72. The summed E-state index contributed by atoms with van der Waals surface area (Å²) in [5, 5.41) is 15.7. The van der Waals surface area contributed by atoms with E-state index in [1.165, 1.54) is 0 Å². The average molecular weight is 297 g/mol. The number of halogens is 1. The van der Waals surface area contributed by atoms with E-state index in [1.807, 2.05) is 0 Å². The second-order valence-electron chi connectivity index (χ2n) is 4.89. The van der Waals surface area contributed by atoms with Crippen LogP contribution in [-0.2, 0) is 9.59 Å². The molecule has 0 bridgehead atoms. The van der Waals surface area contributed by atoms with Crippen molar-refractivity contribution in [2.45, 2.75) is 31.4 Å². The molecule has 1 aromatic carbocycles. The molecule has 1 saturated carbocycles. The van der Waals surface area contributed by atoms with Crippen LogP contribution in [-0.4, -0.2) is 29.5 Å². The summed E-state index contributed by atoms with van der Waals surface area (Å²) in [6, 6.07) is 6.92. The number of rotatable bonds is 6. The Morgan fingerprint density at radius 1 is 1.25 bits per heavy atom. The van der Waals surface area contributed by atoms with Crippen molar-refractivity contribution < 1.29 is 14.7 Å². The lowest BCUT2D eigenvalue weighted by molar-refractivity contribution is -0.127. The average Bonchev–Trinajstić information content (AvgIpc) is 3.21. The van der Waals surface area contributed by atoms with Crippen molar-refractivity contribution >= 4 is 23.4 Å². The highest BCUT2D eigenvalue weighted by atomic mass is 35.5. The minimum absolute atomic E-state index is 0.0529. The number of carbonyl (C=O) groups is 2. The molecule has 0 aliphatic heterocycles. The SMILES string of the molecule is O=C(CC(O)c1ccc(Cl)cc1)NCC(=O)NC1CC1. The standard InChI is InChI=1S/C14H17ClN2O3/c15-10-3-1-9(2-4-10)12(18)7-13(19)16-8-14(20)17-11-5-6-11/h1-4,11-12,18H,5-8H2,(H,16,19)(H,17,20). The van der Waals surface area contributed by atoms with Crippen molar-refractivity contribution in [1.29, 1.82) is 0 Å². The molecule has 0 heterocycles. The molecule has 1 fully saturated rings. The van der Waals surface area contributed by atoms with E-state index in [2.05, 4.69) is 10.6 Å². The van der Waals surface area contributed by atoms with Gasteiger partial charge >= 0.3 is 0 Å². The Kier molecular flexibility index (Phi) is 4.98. The predicted octanol–water partition coefficient (Wildman–Crippen LogP) is 1.16. The van der Waals surface area contributed by atoms with Gasteiger partial charge in [-0.25, -0.2) is 0 Å². The lowest BCUT2D eigenvalue weighted by atomic mass is 10.1. The topological polar surface area (TPSA) is 78.4 Å². The summed E-state index contributed by atoms with van der Waals surface area (Å²) in [5.74, 6) is -0.555. The Morgan fingerprint density at radius 3 is 2.50 bits per heavy atom. The van der Waals surface area contributed by atoms with Crippen LogP contribution in [0.5, 0.6) is 0 Å². The summed E-state index contributed by atoms with van der Waals surface area (Å²) in [6.07, 6.45) is 1.03. The van der Waals surface area contributed by atoms with E-state index in [0.29, 0.717) is 10.6 Å². The minimum Gasteiger partial charge on any atom is -0.388 e. The largest absolute Gasteiger partial charge is 0.388 e. The minimum atomic E-state index is -0.904. The smallest absolute Gasteiger partial charge is 0.239 e. The van der Waals surface area contributed by atoms with Gasteiger partial charge in [-0.1, -0.05) is 23.7 Å². The zero-order valence-corrected chi connectivity index (χ0v) is 11.7. The fraction of sp³-hybridized carbons (Fsp3) is 0.429. The molecule has 20 heavy (non-hydrogen) atoms. The van der Waals surface area contributed by atoms with E-state index in [0.717, 1.165) is 12.8 Å². The number of carbonyl (C=O) groups excluding carboxylic acids is 2. The second kappa shape index (κ2) is 6.72. The van der Waals surface area contributed by atoms with Crippen LogP contribution in [0.1, 0.15) is 30.9 Å². The first-order valence-corrected chi connectivity index (χ1v) is 6.92. The quantitative estimate of drug-likeness (QED) is 0.737. The van der Waals surface area contributed by atoms with Gasteiger partial charge in [0.05, 0.1) is 19.1 Å². The van der Waals surface area contributed by atoms with Gasteiger partial charge in [-0.3, -0.25) is 9.59 Å². The molecule has 0 spiro atoms. The van der Waals surface area contributed by atoms with E-state index < -0.39 is 6.10 Å². The van der Waals surface area contributed by atoms with Gasteiger partial charge in [0.15, 0.2) is 0 Å².